The van der Waals surface area contributed by atoms with Gasteiger partial charge in [-0.15, -0.1) is 10.2 Å². The molecule has 2 aromatic heterocycles. The molecule has 27 heavy (non-hydrogen) atoms. The third kappa shape index (κ3) is 4.38. The highest BCUT2D eigenvalue weighted by atomic mass is 79.9. The third-order valence-corrected chi connectivity index (χ3v) is 5.15. The molecule has 1 aliphatic rings. The average Bonchev–Trinajstić information content (AvgIpc) is 2.59. The van der Waals surface area contributed by atoms with Crippen LogP contribution >= 0.6 is 15.9 Å². The highest BCUT2D eigenvalue weighted by Crippen LogP contribution is 2.33. The van der Waals surface area contributed by atoms with E-state index in [1.807, 2.05) is 19.9 Å². The fourth-order valence-electron chi connectivity index (χ4n) is 3.77. The van der Waals surface area contributed by atoms with Crippen molar-refractivity contribution in [1.29, 1.82) is 0 Å². The SMILES string of the molecule is COc1cc(Br)cnc1-c1ccc(NC2CC(C)(C)NC(C)(C)C2F)nn1. The molecule has 0 aromatic carbocycles. The number of halogens is 2. The predicted molar refractivity (Wildman–Crippen MR) is 108 cm³/mol. The van der Waals surface area contributed by atoms with Crippen molar-refractivity contribution in [3.05, 3.63) is 28.9 Å². The van der Waals surface area contributed by atoms with Crippen molar-refractivity contribution in [2.45, 2.75) is 57.4 Å². The number of pyridine rings is 1. The number of anilines is 1. The number of hydrogen-bond donors (Lipinski definition) is 2. The molecule has 0 radical (unpaired) electrons. The molecule has 2 atom stereocenters. The molecule has 0 saturated carbocycles. The minimum atomic E-state index is -1.06. The number of ether oxygens (including phenoxy) is 1. The second-order valence-corrected chi connectivity index (χ2v) is 9.01. The van der Waals surface area contributed by atoms with Gasteiger partial charge in [0.05, 0.1) is 13.2 Å². The van der Waals surface area contributed by atoms with Gasteiger partial charge in [-0.1, -0.05) is 0 Å². The van der Waals surface area contributed by atoms with E-state index in [1.54, 1.807) is 25.4 Å². The topological polar surface area (TPSA) is 72.0 Å². The first kappa shape index (κ1) is 19.9. The molecular formula is C19H25BrFN5O. The number of rotatable bonds is 4. The van der Waals surface area contributed by atoms with E-state index in [4.69, 9.17) is 4.74 Å². The van der Waals surface area contributed by atoms with Gasteiger partial charge in [-0.05, 0) is 68.2 Å². The van der Waals surface area contributed by atoms with E-state index in [2.05, 4.69) is 55.6 Å². The number of nitrogens with zero attached hydrogens (tertiary/aromatic N) is 3. The number of hydrogen-bond acceptors (Lipinski definition) is 6. The normalized spacial score (nSPS) is 23.7. The first-order chi connectivity index (χ1) is 12.6. The van der Waals surface area contributed by atoms with E-state index in [0.717, 1.165) is 4.47 Å². The Kier molecular flexibility index (Phi) is 5.40. The van der Waals surface area contributed by atoms with Gasteiger partial charge in [0, 0.05) is 21.7 Å². The van der Waals surface area contributed by atoms with Crippen molar-refractivity contribution >= 4 is 21.7 Å². The van der Waals surface area contributed by atoms with E-state index in [1.165, 1.54) is 0 Å². The lowest BCUT2D eigenvalue weighted by Crippen LogP contribution is -2.67. The summed E-state index contributed by atoms with van der Waals surface area (Å²) in [6, 6.07) is 5.07. The van der Waals surface area contributed by atoms with Crippen LogP contribution in [-0.4, -0.2) is 45.6 Å². The summed E-state index contributed by atoms with van der Waals surface area (Å²) >= 11 is 3.37. The lowest BCUT2D eigenvalue weighted by atomic mass is 9.78. The summed E-state index contributed by atoms with van der Waals surface area (Å²) in [6.45, 7) is 7.92. The van der Waals surface area contributed by atoms with Gasteiger partial charge in [0.25, 0.3) is 0 Å². The minimum absolute atomic E-state index is 0.175. The fraction of sp³-hybridized carbons (Fsp3) is 0.526. The summed E-state index contributed by atoms with van der Waals surface area (Å²) in [4.78, 5) is 4.35. The molecule has 0 bridgehead atoms. The van der Waals surface area contributed by atoms with Crippen LogP contribution in [0.3, 0.4) is 0 Å². The molecule has 1 fully saturated rings. The molecule has 1 saturated heterocycles. The fourth-order valence-corrected chi connectivity index (χ4v) is 4.08. The minimum Gasteiger partial charge on any atom is -0.494 e. The average molecular weight is 438 g/mol. The van der Waals surface area contributed by atoms with Gasteiger partial charge < -0.3 is 15.4 Å². The molecule has 3 rings (SSSR count). The van der Waals surface area contributed by atoms with E-state index >= 15 is 0 Å². The maximum absolute atomic E-state index is 14.9. The molecule has 146 valence electrons. The highest BCUT2D eigenvalue weighted by molar-refractivity contribution is 9.10. The first-order valence-corrected chi connectivity index (χ1v) is 9.64. The molecule has 2 aromatic rings. The van der Waals surface area contributed by atoms with Gasteiger partial charge >= 0.3 is 0 Å². The maximum Gasteiger partial charge on any atom is 0.149 e. The highest BCUT2D eigenvalue weighted by Gasteiger charge is 2.46. The standard InChI is InChI=1S/C19H25BrFN5O/c1-18(2)9-13(17(21)19(3,4)26-18)23-15-7-6-12(24-25-15)16-14(27-5)8-11(20)10-22-16/h6-8,10,13,17,26H,9H2,1-5H3,(H,23,25). The Balaban J connectivity index is 1.80. The monoisotopic (exact) mass is 437 g/mol. The molecule has 6 nitrogen and oxygen atoms in total. The molecule has 0 spiro atoms. The van der Waals surface area contributed by atoms with Gasteiger partial charge in [-0.3, -0.25) is 0 Å². The zero-order chi connectivity index (χ0) is 19.8. The summed E-state index contributed by atoms with van der Waals surface area (Å²) in [5, 5.41) is 15.0. The third-order valence-electron chi connectivity index (χ3n) is 4.71. The van der Waals surface area contributed by atoms with Crippen molar-refractivity contribution in [2.24, 2.45) is 0 Å². The van der Waals surface area contributed by atoms with Gasteiger partial charge in [-0.25, -0.2) is 9.37 Å². The Morgan fingerprint density at radius 3 is 2.63 bits per heavy atom. The predicted octanol–water partition coefficient (Wildman–Crippen LogP) is 3.98. The van der Waals surface area contributed by atoms with Gasteiger partial charge in [0.15, 0.2) is 0 Å². The largest absolute Gasteiger partial charge is 0.494 e. The van der Waals surface area contributed by atoms with E-state index in [9.17, 15) is 4.39 Å². The van der Waals surface area contributed by atoms with Crippen molar-refractivity contribution in [2.75, 3.05) is 12.4 Å². The molecule has 0 aliphatic carbocycles. The molecule has 1 aliphatic heterocycles. The van der Waals surface area contributed by atoms with E-state index in [0.29, 0.717) is 29.4 Å². The summed E-state index contributed by atoms with van der Waals surface area (Å²) in [5.74, 6) is 1.14. The van der Waals surface area contributed by atoms with Gasteiger partial charge in [0.2, 0.25) is 0 Å². The summed E-state index contributed by atoms with van der Waals surface area (Å²) in [7, 11) is 1.58. The second-order valence-electron chi connectivity index (χ2n) is 8.10. The Labute approximate surface area is 167 Å². The molecule has 2 unspecified atom stereocenters. The van der Waals surface area contributed by atoms with Crippen LogP contribution in [0, 0.1) is 0 Å². The summed E-state index contributed by atoms with van der Waals surface area (Å²) < 4.78 is 21.1. The van der Waals surface area contributed by atoms with Crippen LogP contribution in [0.15, 0.2) is 28.9 Å². The van der Waals surface area contributed by atoms with Crippen LogP contribution in [0.2, 0.25) is 0 Å². The van der Waals surface area contributed by atoms with Crippen LogP contribution in [0.1, 0.15) is 34.1 Å². The number of nitrogens with one attached hydrogen (secondary N) is 2. The molecule has 2 N–H and O–H groups in total. The summed E-state index contributed by atoms with van der Waals surface area (Å²) in [5.41, 5.74) is 0.396. The number of alkyl halides is 1. The van der Waals surface area contributed by atoms with Gasteiger partial charge in [0.1, 0.15) is 29.1 Å². The summed E-state index contributed by atoms with van der Waals surface area (Å²) in [6.07, 6.45) is 1.27. The van der Waals surface area contributed by atoms with Crippen LogP contribution in [0.5, 0.6) is 5.75 Å². The molecule has 3 heterocycles. The first-order valence-electron chi connectivity index (χ1n) is 8.85. The zero-order valence-electron chi connectivity index (χ0n) is 16.2. The van der Waals surface area contributed by atoms with Crippen molar-refractivity contribution < 1.29 is 9.13 Å². The zero-order valence-corrected chi connectivity index (χ0v) is 17.8. The number of methoxy groups -OCH3 is 1. The van der Waals surface area contributed by atoms with Crippen molar-refractivity contribution in [1.82, 2.24) is 20.5 Å². The number of aromatic nitrogens is 3. The Morgan fingerprint density at radius 1 is 1.26 bits per heavy atom. The maximum atomic E-state index is 14.9. The smallest absolute Gasteiger partial charge is 0.149 e. The van der Waals surface area contributed by atoms with E-state index in [-0.39, 0.29) is 11.6 Å². The van der Waals surface area contributed by atoms with Gasteiger partial charge in [-0.2, -0.15) is 0 Å². The lowest BCUT2D eigenvalue weighted by molar-refractivity contribution is 0.0655. The number of piperidine rings is 1. The van der Waals surface area contributed by atoms with Crippen LogP contribution in [0.25, 0.3) is 11.4 Å². The quantitative estimate of drug-likeness (QED) is 0.753. The van der Waals surface area contributed by atoms with Crippen LogP contribution in [-0.2, 0) is 0 Å². The Morgan fingerprint density at radius 2 is 2.00 bits per heavy atom. The van der Waals surface area contributed by atoms with Crippen molar-refractivity contribution in [3.63, 3.8) is 0 Å². The van der Waals surface area contributed by atoms with Crippen molar-refractivity contribution in [3.8, 4) is 17.1 Å². The molecule has 0 amide bonds. The van der Waals surface area contributed by atoms with Crippen LogP contribution in [0.4, 0.5) is 10.2 Å². The van der Waals surface area contributed by atoms with E-state index < -0.39 is 11.7 Å². The molecule has 8 heteroatoms. The Hall–Kier alpha value is -1.80. The lowest BCUT2D eigenvalue weighted by Gasteiger charge is -2.48. The second kappa shape index (κ2) is 7.31. The molecular weight excluding hydrogens is 413 g/mol. The van der Waals surface area contributed by atoms with Crippen LogP contribution < -0.4 is 15.4 Å². The Bertz CT molecular complexity index is 812.